The largest absolute Gasteiger partial charge is 0.341 e. The molecule has 1 saturated heterocycles. The first kappa shape index (κ1) is 11.9. The Kier molecular flexibility index (Phi) is 4.22. The minimum absolute atomic E-state index is 0.357. The van der Waals surface area contributed by atoms with Gasteiger partial charge in [-0.25, -0.2) is 0 Å². The highest BCUT2D eigenvalue weighted by molar-refractivity contribution is 5.78. The summed E-state index contributed by atoms with van der Waals surface area (Å²) in [7, 11) is 2.04. The van der Waals surface area contributed by atoms with E-state index in [0.717, 1.165) is 31.8 Å². The standard InChI is InChI=1S/C13H24N2O/c1-14-12(11-6-3-2-4-7-11)10-15-9-5-8-13(15)16/h11-12,14H,2-10H2,1H3. The van der Waals surface area contributed by atoms with Crippen LogP contribution in [0.15, 0.2) is 0 Å². The van der Waals surface area contributed by atoms with Crippen molar-refractivity contribution in [1.29, 1.82) is 0 Å². The molecule has 1 saturated carbocycles. The summed E-state index contributed by atoms with van der Waals surface area (Å²) in [6, 6.07) is 0.516. The maximum atomic E-state index is 11.6. The van der Waals surface area contributed by atoms with Crippen LogP contribution in [-0.2, 0) is 4.79 Å². The number of nitrogens with zero attached hydrogens (tertiary/aromatic N) is 1. The van der Waals surface area contributed by atoms with Crippen LogP contribution < -0.4 is 5.32 Å². The second-order valence-corrected chi connectivity index (χ2v) is 5.24. The molecule has 1 aliphatic carbocycles. The molecule has 1 heterocycles. The van der Waals surface area contributed by atoms with Gasteiger partial charge in [-0.1, -0.05) is 19.3 Å². The van der Waals surface area contributed by atoms with E-state index in [1.165, 1.54) is 32.1 Å². The fourth-order valence-electron chi connectivity index (χ4n) is 3.15. The summed E-state index contributed by atoms with van der Waals surface area (Å²) in [6.07, 6.45) is 8.64. The summed E-state index contributed by atoms with van der Waals surface area (Å²) in [6.45, 7) is 1.91. The summed E-state index contributed by atoms with van der Waals surface area (Å²) < 4.78 is 0. The fourth-order valence-corrected chi connectivity index (χ4v) is 3.15. The van der Waals surface area contributed by atoms with Gasteiger partial charge in [0, 0.05) is 25.6 Å². The van der Waals surface area contributed by atoms with Crippen molar-refractivity contribution in [2.45, 2.75) is 51.0 Å². The molecule has 1 aliphatic heterocycles. The number of rotatable bonds is 4. The zero-order valence-corrected chi connectivity index (χ0v) is 10.4. The lowest BCUT2D eigenvalue weighted by Crippen LogP contribution is -2.45. The monoisotopic (exact) mass is 224 g/mol. The Labute approximate surface area is 98.6 Å². The molecule has 16 heavy (non-hydrogen) atoms. The van der Waals surface area contributed by atoms with Gasteiger partial charge in [0.1, 0.15) is 0 Å². The molecule has 0 aromatic heterocycles. The van der Waals surface area contributed by atoms with Gasteiger partial charge in [-0.05, 0) is 32.2 Å². The first-order chi connectivity index (χ1) is 7.81. The molecule has 3 heteroatoms. The summed E-state index contributed by atoms with van der Waals surface area (Å²) in [5, 5.41) is 3.43. The van der Waals surface area contributed by atoms with E-state index < -0.39 is 0 Å². The van der Waals surface area contributed by atoms with Gasteiger partial charge in [-0.15, -0.1) is 0 Å². The van der Waals surface area contributed by atoms with E-state index in [1.807, 2.05) is 7.05 Å². The molecular weight excluding hydrogens is 200 g/mol. The van der Waals surface area contributed by atoms with E-state index in [1.54, 1.807) is 0 Å². The second-order valence-electron chi connectivity index (χ2n) is 5.24. The SMILES string of the molecule is CNC(CN1CCCC1=O)C1CCCCC1. The molecule has 0 bridgehead atoms. The predicted octanol–water partition coefficient (Wildman–Crippen LogP) is 1.78. The van der Waals surface area contributed by atoms with Crippen LogP contribution in [0.4, 0.5) is 0 Å². The van der Waals surface area contributed by atoms with E-state index in [2.05, 4.69) is 10.2 Å². The Balaban J connectivity index is 1.86. The molecule has 0 spiro atoms. The van der Waals surface area contributed by atoms with Gasteiger partial charge in [-0.2, -0.15) is 0 Å². The highest BCUT2D eigenvalue weighted by Crippen LogP contribution is 2.27. The van der Waals surface area contributed by atoms with Crippen LogP contribution >= 0.6 is 0 Å². The molecule has 1 atom stereocenters. The number of likely N-dealkylation sites (N-methyl/N-ethyl adjacent to an activating group) is 1. The van der Waals surface area contributed by atoms with Crippen LogP contribution in [0.5, 0.6) is 0 Å². The van der Waals surface area contributed by atoms with Gasteiger partial charge in [0.25, 0.3) is 0 Å². The molecule has 0 aromatic rings. The summed E-state index contributed by atoms with van der Waals surface area (Å²) >= 11 is 0. The maximum Gasteiger partial charge on any atom is 0.222 e. The smallest absolute Gasteiger partial charge is 0.222 e. The number of likely N-dealkylation sites (tertiary alicyclic amines) is 1. The molecule has 3 nitrogen and oxygen atoms in total. The van der Waals surface area contributed by atoms with Crippen molar-refractivity contribution in [2.24, 2.45) is 5.92 Å². The quantitative estimate of drug-likeness (QED) is 0.789. The summed E-state index contributed by atoms with van der Waals surface area (Å²) in [5.74, 6) is 1.14. The summed E-state index contributed by atoms with van der Waals surface area (Å²) in [4.78, 5) is 13.7. The van der Waals surface area contributed by atoms with Crippen molar-refractivity contribution in [3.05, 3.63) is 0 Å². The van der Waals surface area contributed by atoms with Gasteiger partial charge in [0.05, 0.1) is 0 Å². The Bertz CT molecular complexity index is 236. The number of carbonyl (C=O) groups excluding carboxylic acids is 1. The number of carbonyl (C=O) groups is 1. The first-order valence-electron chi connectivity index (χ1n) is 6.76. The van der Waals surface area contributed by atoms with Crippen LogP contribution in [0, 0.1) is 5.92 Å². The number of nitrogens with one attached hydrogen (secondary N) is 1. The molecular formula is C13H24N2O. The lowest BCUT2D eigenvalue weighted by molar-refractivity contribution is -0.128. The normalized spacial score (nSPS) is 25.1. The van der Waals surface area contributed by atoms with Crippen LogP contribution in [0.1, 0.15) is 44.9 Å². The maximum absolute atomic E-state index is 11.6. The summed E-state index contributed by atoms with van der Waals surface area (Å²) in [5.41, 5.74) is 0. The van der Waals surface area contributed by atoms with Crippen LogP contribution in [0.3, 0.4) is 0 Å². The minimum atomic E-state index is 0.357. The molecule has 0 radical (unpaired) electrons. The molecule has 0 aromatic carbocycles. The van der Waals surface area contributed by atoms with Crippen molar-refractivity contribution in [3.63, 3.8) is 0 Å². The Morgan fingerprint density at radius 1 is 1.31 bits per heavy atom. The lowest BCUT2D eigenvalue weighted by Gasteiger charge is -2.32. The van der Waals surface area contributed by atoms with Gasteiger partial charge in [-0.3, -0.25) is 4.79 Å². The molecule has 2 fully saturated rings. The van der Waals surface area contributed by atoms with E-state index in [4.69, 9.17) is 0 Å². The molecule has 92 valence electrons. The van der Waals surface area contributed by atoms with E-state index in [0.29, 0.717) is 11.9 Å². The molecule has 1 unspecified atom stereocenters. The third-order valence-electron chi connectivity index (χ3n) is 4.18. The van der Waals surface area contributed by atoms with Crippen LogP contribution in [-0.4, -0.2) is 37.0 Å². The van der Waals surface area contributed by atoms with E-state index in [9.17, 15) is 4.79 Å². The Morgan fingerprint density at radius 3 is 2.62 bits per heavy atom. The minimum Gasteiger partial charge on any atom is -0.341 e. The number of hydrogen-bond donors (Lipinski definition) is 1. The average molecular weight is 224 g/mol. The molecule has 1 N–H and O–H groups in total. The van der Waals surface area contributed by atoms with Crippen molar-refractivity contribution < 1.29 is 4.79 Å². The third-order valence-corrected chi connectivity index (χ3v) is 4.18. The second kappa shape index (κ2) is 5.67. The number of hydrogen-bond acceptors (Lipinski definition) is 2. The molecule has 2 aliphatic rings. The molecule has 2 rings (SSSR count). The van der Waals surface area contributed by atoms with Gasteiger partial charge in [0.15, 0.2) is 0 Å². The zero-order valence-electron chi connectivity index (χ0n) is 10.4. The highest BCUT2D eigenvalue weighted by Gasteiger charge is 2.28. The topological polar surface area (TPSA) is 32.3 Å². The van der Waals surface area contributed by atoms with Crippen molar-refractivity contribution >= 4 is 5.91 Å². The highest BCUT2D eigenvalue weighted by atomic mass is 16.2. The number of amides is 1. The van der Waals surface area contributed by atoms with Gasteiger partial charge >= 0.3 is 0 Å². The zero-order chi connectivity index (χ0) is 11.4. The first-order valence-corrected chi connectivity index (χ1v) is 6.76. The van der Waals surface area contributed by atoms with E-state index in [-0.39, 0.29) is 0 Å². The Hall–Kier alpha value is -0.570. The van der Waals surface area contributed by atoms with E-state index >= 15 is 0 Å². The Morgan fingerprint density at radius 2 is 2.06 bits per heavy atom. The lowest BCUT2D eigenvalue weighted by atomic mass is 9.83. The fraction of sp³-hybridized carbons (Fsp3) is 0.923. The third kappa shape index (κ3) is 2.76. The van der Waals surface area contributed by atoms with Crippen molar-refractivity contribution in [2.75, 3.05) is 20.1 Å². The predicted molar refractivity (Wildman–Crippen MR) is 65.2 cm³/mol. The average Bonchev–Trinajstić information content (AvgIpc) is 2.73. The van der Waals surface area contributed by atoms with Crippen LogP contribution in [0.25, 0.3) is 0 Å². The van der Waals surface area contributed by atoms with Crippen LogP contribution in [0.2, 0.25) is 0 Å². The van der Waals surface area contributed by atoms with Gasteiger partial charge in [0.2, 0.25) is 5.91 Å². The molecule has 1 amide bonds. The van der Waals surface area contributed by atoms with Gasteiger partial charge < -0.3 is 10.2 Å². The van der Waals surface area contributed by atoms with Crippen molar-refractivity contribution in [1.82, 2.24) is 10.2 Å². The van der Waals surface area contributed by atoms with Crippen molar-refractivity contribution in [3.8, 4) is 0 Å².